The van der Waals surface area contributed by atoms with Crippen molar-refractivity contribution in [3.8, 4) is 0 Å². The lowest BCUT2D eigenvalue weighted by atomic mass is 9.83. The summed E-state index contributed by atoms with van der Waals surface area (Å²) >= 11 is 0. The second-order valence-electron chi connectivity index (χ2n) is 8.02. The van der Waals surface area contributed by atoms with Crippen LogP contribution in [0.25, 0.3) is 0 Å². The normalized spacial score (nSPS) is 32.7. The molecule has 3 aliphatic heterocycles. The maximum atomic E-state index is 10.4. The molecule has 1 aromatic carbocycles. The fraction of sp³-hybridized carbons (Fsp3) is 0.600. The summed E-state index contributed by atoms with van der Waals surface area (Å²) in [4.78, 5) is 12.3. The molecule has 1 aromatic rings. The molecule has 1 fully saturated rings. The minimum Gasteiger partial charge on any atom is -0.545 e. The zero-order chi connectivity index (χ0) is 19.1. The van der Waals surface area contributed by atoms with Gasteiger partial charge < -0.3 is 20.1 Å². The van der Waals surface area contributed by atoms with Crippen LogP contribution < -0.4 is 5.11 Å². The molecule has 0 aliphatic carbocycles. The third kappa shape index (κ3) is 3.48. The van der Waals surface area contributed by atoms with Gasteiger partial charge in [-0.25, -0.2) is 9.48 Å². The van der Waals surface area contributed by atoms with E-state index in [4.69, 9.17) is 0 Å². The molecule has 6 heteroatoms. The van der Waals surface area contributed by atoms with Crippen LogP contribution in [0, 0.1) is 12.8 Å². The van der Waals surface area contributed by atoms with Gasteiger partial charge in [-0.15, -0.1) is 0 Å². The van der Waals surface area contributed by atoms with Gasteiger partial charge >= 0.3 is 0 Å². The van der Waals surface area contributed by atoms with E-state index in [1.807, 2.05) is 20.8 Å². The molecule has 26 heavy (non-hydrogen) atoms. The van der Waals surface area contributed by atoms with E-state index in [2.05, 4.69) is 9.48 Å². The van der Waals surface area contributed by atoms with Gasteiger partial charge in [0.25, 0.3) is 5.84 Å². The van der Waals surface area contributed by atoms with Crippen molar-refractivity contribution in [1.29, 1.82) is 0 Å². The van der Waals surface area contributed by atoms with E-state index < -0.39 is 17.4 Å². The summed E-state index contributed by atoms with van der Waals surface area (Å²) in [7, 11) is 0. The first-order valence-electron chi connectivity index (χ1n) is 9.27. The molecule has 0 saturated carbocycles. The fourth-order valence-electron chi connectivity index (χ4n) is 4.25. The number of aliphatic hydroxyl groups is 2. The molecule has 142 valence electrons. The van der Waals surface area contributed by atoms with E-state index >= 15 is 0 Å². The SMILES string of the molecule is C[C@]1(O)CC[C@H]2CC[C@@](C)(O)N3CC[N+]1=C23.Cc1ccc(C(=O)[O-])cc1. The summed E-state index contributed by atoms with van der Waals surface area (Å²) in [6.45, 7) is 7.37. The van der Waals surface area contributed by atoms with Crippen molar-refractivity contribution < 1.29 is 24.7 Å². The number of nitrogens with zero attached hydrogens (tertiary/aromatic N) is 2. The Morgan fingerprint density at radius 1 is 1.19 bits per heavy atom. The zero-order valence-electron chi connectivity index (χ0n) is 15.7. The Morgan fingerprint density at radius 3 is 2.42 bits per heavy atom. The van der Waals surface area contributed by atoms with Crippen LogP contribution in [0.4, 0.5) is 0 Å². The van der Waals surface area contributed by atoms with E-state index in [-0.39, 0.29) is 5.56 Å². The van der Waals surface area contributed by atoms with Crippen LogP contribution >= 0.6 is 0 Å². The topological polar surface area (TPSA) is 86.8 Å². The lowest BCUT2D eigenvalue weighted by Crippen LogP contribution is -2.58. The Kier molecular flexibility index (Phi) is 4.84. The third-order valence-electron chi connectivity index (χ3n) is 5.85. The highest BCUT2D eigenvalue weighted by atomic mass is 16.4. The van der Waals surface area contributed by atoms with Gasteiger partial charge in [-0.1, -0.05) is 29.8 Å². The van der Waals surface area contributed by atoms with Crippen molar-refractivity contribution in [2.75, 3.05) is 13.1 Å². The van der Waals surface area contributed by atoms with Gasteiger partial charge in [0.05, 0.1) is 11.9 Å². The molecule has 4 rings (SSSR count). The highest BCUT2D eigenvalue weighted by Gasteiger charge is 2.55. The average Bonchev–Trinajstić information content (AvgIpc) is 3.03. The third-order valence-corrected chi connectivity index (χ3v) is 5.85. The number of piperidine rings is 1. The second-order valence-corrected chi connectivity index (χ2v) is 8.02. The minimum atomic E-state index is -1.12. The summed E-state index contributed by atoms with van der Waals surface area (Å²) < 4.78 is 2.11. The van der Waals surface area contributed by atoms with Crippen LogP contribution in [0.2, 0.25) is 0 Å². The number of hydrogen-bond donors (Lipinski definition) is 2. The van der Waals surface area contributed by atoms with Crippen molar-refractivity contribution in [3.05, 3.63) is 35.4 Å². The van der Waals surface area contributed by atoms with Crippen LogP contribution in [0.3, 0.4) is 0 Å². The van der Waals surface area contributed by atoms with Crippen molar-refractivity contribution >= 4 is 11.8 Å². The molecule has 0 unspecified atom stereocenters. The van der Waals surface area contributed by atoms with Gasteiger partial charge in [-0.3, -0.25) is 0 Å². The van der Waals surface area contributed by atoms with Crippen molar-refractivity contribution in [2.24, 2.45) is 5.92 Å². The Hall–Kier alpha value is -1.92. The number of benzene rings is 1. The number of carboxylic acid groups (broad SMARTS) is 1. The van der Waals surface area contributed by atoms with Crippen LogP contribution in [0.1, 0.15) is 55.5 Å². The largest absolute Gasteiger partial charge is 0.545 e. The summed E-state index contributed by atoms with van der Waals surface area (Å²) in [5, 5.41) is 30.9. The summed E-state index contributed by atoms with van der Waals surface area (Å²) in [5.74, 6) is 0.607. The summed E-state index contributed by atoms with van der Waals surface area (Å²) in [6.07, 6.45) is 3.78. The van der Waals surface area contributed by atoms with Gasteiger partial charge in [0, 0.05) is 26.7 Å². The number of carboxylic acids is 1. The van der Waals surface area contributed by atoms with Crippen molar-refractivity contribution in [3.63, 3.8) is 0 Å². The maximum Gasteiger partial charge on any atom is 0.254 e. The van der Waals surface area contributed by atoms with E-state index in [1.54, 1.807) is 12.1 Å². The first-order valence-corrected chi connectivity index (χ1v) is 9.27. The van der Waals surface area contributed by atoms with Gasteiger partial charge in [0.1, 0.15) is 13.1 Å². The Bertz CT molecular complexity index is 722. The minimum absolute atomic E-state index is 0.227. The van der Waals surface area contributed by atoms with Crippen LogP contribution in [-0.2, 0) is 0 Å². The number of carbonyl (C=O) groups excluding carboxylic acids is 1. The molecule has 2 N–H and O–H groups in total. The van der Waals surface area contributed by atoms with Crippen LogP contribution in [0.15, 0.2) is 24.3 Å². The molecule has 0 amide bonds. The Labute approximate surface area is 154 Å². The molecule has 0 radical (unpaired) electrons. The smallest absolute Gasteiger partial charge is 0.254 e. The number of rotatable bonds is 1. The lowest BCUT2D eigenvalue weighted by molar-refractivity contribution is -0.654. The molecule has 3 aliphatic rings. The van der Waals surface area contributed by atoms with E-state index in [1.165, 1.54) is 18.0 Å². The van der Waals surface area contributed by atoms with E-state index in [0.29, 0.717) is 5.92 Å². The van der Waals surface area contributed by atoms with Crippen LogP contribution in [0.5, 0.6) is 0 Å². The van der Waals surface area contributed by atoms with E-state index in [0.717, 1.165) is 44.3 Å². The average molecular weight is 360 g/mol. The molecular formula is C20H28N2O4. The summed E-state index contributed by atoms with van der Waals surface area (Å²) in [5.41, 5.74) is -0.155. The first kappa shape index (κ1) is 18.9. The monoisotopic (exact) mass is 360 g/mol. The molecule has 0 bridgehead atoms. The van der Waals surface area contributed by atoms with Gasteiger partial charge in [-0.2, -0.15) is 0 Å². The number of amidine groups is 1. The van der Waals surface area contributed by atoms with Gasteiger partial charge in [-0.05, 0) is 25.3 Å². The van der Waals surface area contributed by atoms with Gasteiger partial charge in [0.15, 0.2) is 0 Å². The molecule has 0 aromatic heterocycles. The molecule has 1 saturated heterocycles. The Balaban J connectivity index is 0.000000170. The molecular weight excluding hydrogens is 332 g/mol. The number of aromatic carboxylic acids is 1. The number of aryl methyl sites for hydroxylation is 1. The van der Waals surface area contributed by atoms with Gasteiger partial charge in [0.2, 0.25) is 11.4 Å². The zero-order valence-corrected chi connectivity index (χ0v) is 15.7. The van der Waals surface area contributed by atoms with Crippen molar-refractivity contribution in [2.45, 2.75) is 57.9 Å². The molecule has 3 atom stereocenters. The van der Waals surface area contributed by atoms with Crippen LogP contribution in [-0.4, -0.2) is 56.0 Å². The maximum absolute atomic E-state index is 10.4. The summed E-state index contributed by atoms with van der Waals surface area (Å²) in [6, 6.07) is 6.55. The van der Waals surface area contributed by atoms with E-state index in [9.17, 15) is 20.1 Å². The molecule has 0 spiro atoms. The number of carbonyl (C=O) groups is 1. The predicted octanol–water partition coefficient (Wildman–Crippen LogP) is 0.692. The standard InChI is InChI=1S/C12H21N2O2.C8H8O2/c1-11(15)5-3-9-4-6-12(2,16)14-8-7-13(11)10(9)14;1-6-2-4-7(5-3-6)8(9)10/h9,15-16H,3-8H2,1-2H3;2-5H,1H3,(H,9,10)/q+1;/p-1/t9-,11-,12+;. The number of hydrogen-bond acceptors (Lipinski definition) is 5. The quantitative estimate of drug-likeness (QED) is 0.720. The molecule has 6 nitrogen and oxygen atoms in total. The Morgan fingerprint density at radius 2 is 1.81 bits per heavy atom. The highest BCUT2D eigenvalue weighted by molar-refractivity contribution is 5.85. The second kappa shape index (κ2) is 6.67. The highest BCUT2D eigenvalue weighted by Crippen LogP contribution is 2.40. The predicted molar refractivity (Wildman–Crippen MR) is 95.6 cm³/mol. The molecule has 3 heterocycles. The van der Waals surface area contributed by atoms with Crippen molar-refractivity contribution in [1.82, 2.24) is 4.90 Å². The first-order chi connectivity index (χ1) is 12.1. The fourth-order valence-corrected chi connectivity index (χ4v) is 4.25. The lowest BCUT2D eigenvalue weighted by Gasteiger charge is -2.41.